The number of hydrogen-bond donors (Lipinski definition) is 1. The molecule has 1 amide bonds. The number of aryl methyl sites for hydroxylation is 2. The number of carbonyl (C=O) groups excluding carboxylic acids is 1. The van der Waals surface area contributed by atoms with E-state index in [0.29, 0.717) is 22.5 Å². The topological polar surface area (TPSA) is 81.8 Å². The predicted octanol–water partition coefficient (Wildman–Crippen LogP) is 4.02. The lowest BCUT2D eigenvalue weighted by atomic mass is 10.2. The fourth-order valence-electron chi connectivity index (χ4n) is 3.26. The average molecular weight is 440 g/mol. The van der Waals surface area contributed by atoms with E-state index in [4.69, 9.17) is 11.6 Å². The van der Waals surface area contributed by atoms with E-state index in [2.05, 4.69) is 15.4 Å². The molecule has 4 rings (SSSR count). The minimum Gasteiger partial charge on any atom is -0.326 e. The number of benzene rings is 2. The lowest BCUT2D eigenvalue weighted by Crippen LogP contribution is -2.26. The predicted molar refractivity (Wildman–Crippen MR) is 117 cm³/mol. The second kappa shape index (κ2) is 8.31. The van der Waals surface area contributed by atoms with E-state index >= 15 is 0 Å². The van der Waals surface area contributed by atoms with E-state index in [1.54, 1.807) is 11.6 Å². The van der Waals surface area contributed by atoms with Crippen LogP contribution in [-0.2, 0) is 11.3 Å². The van der Waals surface area contributed by atoms with E-state index < -0.39 is 5.82 Å². The van der Waals surface area contributed by atoms with Gasteiger partial charge in [-0.15, -0.1) is 0 Å². The number of amides is 1. The van der Waals surface area contributed by atoms with Crippen molar-refractivity contribution in [2.75, 3.05) is 5.32 Å². The fourth-order valence-corrected chi connectivity index (χ4v) is 3.44. The maximum Gasteiger partial charge on any atom is 0.264 e. The quantitative estimate of drug-likeness (QED) is 0.509. The van der Waals surface area contributed by atoms with E-state index in [-0.39, 0.29) is 29.5 Å². The first-order chi connectivity index (χ1) is 14.8. The van der Waals surface area contributed by atoms with Gasteiger partial charge in [0.25, 0.3) is 5.56 Å². The summed E-state index contributed by atoms with van der Waals surface area (Å²) < 4.78 is 16.3. The Balaban J connectivity index is 1.55. The van der Waals surface area contributed by atoms with Gasteiger partial charge >= 0.3 is 0 Å². The highest BCUT2D eigenvalue weighted by molar-refractivity contribution is 6.31. The second-order valence-electron chi connectivity index (χ2n) is 7.17. The number of anilines is 1. The molecule has 0 fully saturated rings. The molecule has 0 aliphatic carbocycles. The molecular weight excluding hydrogens is 421 g/mol. The van der Waals surface area contributed by atoms with E-state index in [0.717, 1.165) is 11.3 Å². The highest BCUT2D eigenvalue weighted by Crippen LogP contribution is 2.19. The van der Waals surface area contributed by atoms with Crippen molar-refractivity contribution >= 4 is 34.2 Å². The number of carbonyl (C=O) groups is 1. The lowest BCUT2D eigenvalue weighted by molar-refractivity contribution is -0.116. The zero-order valence-electron chi connectivity index (χ0n) is 16.9. The van der Waals surface area contributed by atoms with Gasteiger partial charge in [0.1, 0.15) is 17.0 Å². The van der Waals surface area contributed by atoms with Crippen LogP contribution in [-0.4, -0.2) is 25.2 Å². The molecule has 31 heavy (non-hydrogen) atoms. The van der Waals surface area contributed by atoms with E-state index in [1.165, 1.54) is 29.0 Å². The van der Waals surface area contributed by atoms with Crippen molar-refractivity contribution in [1.29, 1.82) is 0 Å². The first-order valence-corrected chi connectivity index (χ1v) is 9.98. The molecule has 158 valence electrons. The first-order valence-electron chi connectivity index (χ1n) is 9.60. The Kier molecular flexibility index (Phi) is 5.56. The largest absolute Gasteiger partial charge is 0.326 e. The molecule has 0 saturated heterocycles. The Morgan fingerprint density at radius 1 is 1.16 bits per heavy atom. The van der Waals surface area contributed by atoms with Crippen molar-refractivity contribution in [3.8, 4) is 5.69 Å². The molecule has 0 atom stereocenters. The molecule has 9 heteroatoms. The van der Waals surface area contributed by atoms with Gasteiger partial charge in [0, 0.05) is 18.7 Å². The highest BCUT2D eigenvalue weighted by atomic mass is 35.5. The lowest BCUT2D eigenvalue weighted by Gasteiger charge is -2.11. The molecule has 0 saturated carbocycles. The first kappa shape index (κ1) is 20.7. The Labute approximate surface area is 182 Å². The number of nitrogens with zero attached hydrogens (tertiary/aromatic N) is 4. The number of aromatic nitrogens is 4. The van der Waals surface area contributed by atoms with Crippen LogP contribution in [0.1, 0.15) is 17.8 Å². The van der Waals surface area contributed by atoms with Crippen molar-refractivity contribution in [3.05, 3.63) is 81.2 Å². The van der Waals surface area contributed by atoms with Gasteiger partial charge in [-0.1, -0.05) is 29.3 Å². The molecule has 2 aromatic carbocycles. The number of rotatable bonds is 5. The molecule has 1 N–H and O–H groups in total. The van der Waals surface area contributed by atoms with Gasteiger partial charge in [-0.3, -0.25) is 14.2 Å². The summed E-state index contributed by atoms with van der Waals surface area (Å²) >= 11 is 5.73. The molecule has 2 aromatic heterocycles. The Morgan fingerprint density at radius 2 is 1.90 bits per heavy atom. The maximum absolute atomic E-state index is 13.3. The molecular formula is C22H19ClFN5O2. The summed E-state index contributed by atoms with van der Waals surface area (Å²) in [4.78, 5) is 29.8. The molecule has 0 unspecified atom stereocenters. The van der Waals surface area contributed by atoms with Gasteiger partial charge in [-0.05, 0) is 44.2 Å². The third-order valence-electron chi connectivity index (χ3n) is 4.92. The smallest absolute Gasteiger partial charge is 0.264 e. The van der Waals surface area contributed by atoms with Crippen molar-refractivity contribution in [2.24, 2.45) is 0 Å². The van der Waals surface area contributed by atoms with Crippen molar-refractivity contribution in [2.45, 2.75) is 26.8 Å². The fraction of sp³-hybridized carbons (Fsp3) is 0.182. The summed E-state index contributed by atoms with van der Waals surface area (Å²) in [5.74, 6) is -0.416. The van der Waals surface area contributed by atoms with Gasteiger partial charge in [-0.25, -0.2) is 14.1 Å². The van der Waals surface area contributed by atoms with Crippen LogP contribution in [0.25, 0.3) is 16.7 Å². The van der Waals surface area contributed by atoms with E-state index in [9.17, 15) is 14.0 Å². The zero-order valence-corrected chi connectivity index (χ0v) is 17.7. The van der Waals surface area contributed by atoms with Crippen LogP contribution in [0.15, 0.2) is 53.5 Å². The van der Waals surface area contributed by atoms with Gasteiger partial charge in [-0.2, -0.15) is 5.10 Å². The molecule has 0 aliphatic heterocycles. The number of nitrogens with one attached hydrogen (secondary N) is 1. The third-order valence-corrected chi connectivity index (χ3v) is 5.21. The normalized spacial score (nSPS) is 11.1. The Hall–Kier alpha value is -3.52. The summed E-state index contributed by atoms with van der Waals surface area (Å²) in [5.41, 5.74) is 2.51. The standard InChI is InChI=1S/C22H19ClFN5O2/c1-13-3-6-16(7-4-13)29-21-17(12-25-29)22(31)28(14(2)26-21)10-9-20(30)27-15-5-8-19(24)18(23)11-15/h3-8,11-12H,9-10H2,1-2H3,(H,27,30). The molecule has 0 radical (unpaired) electrons. The summed E-state index contributed by atoms with van der Waals surface area (Å²) in [6, 6.07) is 11.7. The van der Waals surface area contributed by atoms with Crippen LogP contribution < -0.4 is 10.9 Å². The number of hydrogen-bond acceptors (Lipinski definition) is 4. The van der Waals surface area contributed by atoms with Crippen LogP contribution in [0, 0.1) is 19.7 Å². The minimum absolute atomic E-state index is 0.0367. The maximum atomic E-state index is 13.3. The van der Waals surface area contributed by atoms with Crippen LogP contribution in [0.2, 0.25) is 5.02 Å². The van der Waals surface area contributed by atoms with Gasteiger partial charge in [0.2, 0.25) is 5.91 Å². The summed E-state index contributed by atoms with van der Waals surface area (Å²) in [6.45, 7) is 3.85. The molecule has 0 aliphatic rings. The number of halogens is 2. The molecule has 4 aromatic rings. The van der Waals surface area contributed by atoms with E-state index in [1.807, 2.05) is 31.2 Å². The highest BCUT2D eigenvalue weighted by Gasteiger charge is 2.15. The Morgan fingerprint density at radius 3 is 2.61 bits per heavy atom. The summed E-state index contributed by atoms with van der Waals surface area (Å²) in [7, 11) is 0. The van der Waals surface area contributed by atoms with Gasteiger partial charge in [0.15, 0.2) is 5.65 Å². The monoisotopic (exact) mass is 439 g/mol. The molecule has 0 spiro atoms. The SMILES string of the molecule is Cc1ccc(-n2ncc3c(=O)n(CCC(=O)Nc4ccc(F)c(Cl)c4)c(C)nc32)cc1. The molecule has 2 heterocycles. The zero-order chi connectivity index (χ0) is 22.1. The number of fused-ring (bicyclic) bond motifs is 1. The van der Waals surface area contributed by atoms with Gasteiger partial charge in [0.05, 0.1) is 16.9 Å². The molecule has 7 nitrogen and oxygen atoms in total. The van der Waals surface area contributed by atoms with Crippen LogP contribution in [0.4, 0.5) is 10.1 Å². The van der Waals surface area contributed by atoms with Crippen LogP contribution >= 0.6 is 11.6 Å². The van der Waals surface area contributed by atoms with Crippen LogP contribution in [0.5, 0.6) is 0 Å². The van der Waals surface area contributed by atoms with Crippen molar-refractivity contribution < 1.29 is 9.18 Å². The van der Waals surface area contributed by atoms with Gasteiger partial charge < -0.3 is 5.32 Å². The molecule has 0 bridgehead atoms. The van der Waals surface area contributed by atoms with Crippen molar-refractivity contribution in [1.82, 2.24) is 19.3 Å². The van der Waals surface area contributed by atoms with Crippen molar-refractivity contribution in [3.63, 3.8) is 0 Å². The third kappa shape index (κ3) is 4.20. The average Bonchev–Trinajstić information content (AvgIpc) is 3.15. The summed E-state index contributed by atoms with van der Waals surface area (Å²) in [6.07, 6.45) is 1.52. The summed E-state index contributed by atoms with van der Waals surface area (Å²) in [5, 5.41) is 7.26. The second-order valence-corrected chi connectivity index (χ2v) is 7.58. The minimum atomic E-state index is -0.563. The van der Waals surface area contributed by atoms with Crippen LogP contribution in [0.3, 0.4) is 0 Å². The Bertz CT molecular complexity index is 1340.